The van der Waals surface area contributed by atoms with Crippen LogP contribution in [0, 0.1) is 5.92 Å². The maximum atomic E-state index is 10.3. The SMILES string of the molecule is CCCC(O)C(O)(CC(C)C)C(Cl)(Cl)Cl. The van der Waals surface area contributed by atoms with Crippen molar-refractivity contribution in [3.63, 3.8) is 0 Å². The molecule has 2 unspecified atom stereocenters. The number of hydrogen-bond donors (Lipinski definition) is 2. The van der Waals surface area contributed by atoms with E-state index in [9.17, 15) is 10.2 Å². The molecular weight excluding hydrogens is 258 g/mol. The first-order chi connectivity index (χ1) is 6.65. The van der Waals surface area contributed by atoms with Crippen LogP contribution in [0.5, 0.6) is 0 Å². The van der Waals surface area contributed by atoms with Crippen LogP contribution in [0.25, 0.3) is 0 Å². The fourth-order valence-corrected chi connectivity index (χ4v) is 2.18. The Balaban J connectivity index is 4.85. The third kappa shape index (κ3) is 4.27. The molecule has 0 aromatic carbocycles. The van der Waals surface area contributed by atoms with Gasteiger partial charge in [-0.25, -0.2) is 0 Å². The highest BCUT2D eigenvalue weighted by Gasteiger charge is 2.51. The summed E-state index contributed by atoms with van der Waals surface area (Å²) in [5.74, 6) is 0.136. The van der Waals surface area contributed by atoms with Gasteiger partial charge in [-0.3, -0.25) is 0 Å². The Morgan fingerprint density at radius 1 is 1.20 bits per heavy atom. The summed E-state index contributed by atoms with van der Waals surface area (Å²) in [6, 6.07) is 0. The van der Waals surface area contributed by atoms with Crippen molar-refractivity contribution in [1.82, 2.24) is 0 Å². The van der Waals surface area contributed by atoms with Gasteiger partial charge in [0.05, 0.1) is 6.10 Å². The monoisotopic (exact) mass is 276 g/mol. The predicted molar refractivity (Wildman–Crippen MR) is 65.6 cm³/mol. The minimum absolute atomic E-state index is 0.136. The zero-order chi connectivity index (χ0) is 12.3. The van der Waals surface area contributed by atoms with Gasteiger partial charge in [0.1, 0.15) is 5.60 Å². The van der Waals surface area contributed by atoms with Crippen LogP contribution in [0.2, 0.25) is 0 Å². The van der Waals surface area contributed by atoms with Crippen LogP contribution in [-0.2, 0) is 0 Å². The van der Waals surface area contributed by atoms with Gasteiger partial charge < -0.3 is 10.2 Å². The van der Waals surface area contributed by atoms with Gasteiger partial charge in [-0.05, 0) is 18.8 Å². The maximum Gasteiger partial charge on any atom is 0.221 e. The average molecular weight is 278 g/mol. The molecule has 2 nitrogen and oxygen atoms in total. The number of aliphatic hydroxyl groups excluding tert-OH is 1. The van der Waals surface area contributed by atoms with E-state index in [1.807, 2.05) is 20.8 Å². The number of rotatable bonds is 5. The smallest absolute Gasteiger partial charge is 0.221 e. The number of hydrogen-bond acceptors (Lipinski definition) is 2. The fraction of sp³-hybridized carbons (Fsp3) is 1.00. The van der Waals surface area contributed by atoms with Crippen LogP contribution >= 0.6 is 34.8 Å². The van der Waals surface area contributed by atoms with Gasteiger partial charge in [-0.15, -0.1) is 0 Å². The van der Waals surface area contributed by atoms with Crippen LogP contribution in [-0.4, -0.2) is 25.7 Å². The summed E-state index contributed by atoms with van der Waals surface area (Å²) in [6.45, 7) is 5.71. The minimum Gasteiger partial charge on any atom is -0.390 e. The van der Waals surface area contributed by atoms with Crippen molar-refractivity contribution in [1.29, 1.82) is 0 Å². The molecular formula is C10H19Cl3O2. The predicted octanol–water partition coefficient (Wildman–Crippen LogP) is 3.29. The molecule has 0 saturated carbocycles. The summed E-state index contributed by atoms with van der Waals surface area (Å²) in [4.78, 5) is 0. The van der Waals surface area contributed by atoms with E-state index in [-0.39, 0.29) is 12.3 Å². The lowest BCUT2D eigenvalue weighted by Gasteiger charge is -2.39. The fourth-order valence-electron chi connectivity index (χ4n) is 1.58. The molecule has 0 aromatic rings. The zero-order valence-electron chi connectivity index (χ0n) is 9.30. The van der Waals surface area contributed by atoms with Crippen molar-refractivity contribution in [3.05, 3.63) is 0 Å². The normalized spacial score (nSPS) is 19.0. The van der Waals surface area contributed by atoms with Crippen LogP contribution in [0.3, 0.4) is 0 Å². The van der Waals surface area contributed by atoms with Gasteiger partial charge in [0.15, 0.2) is 0 Å². The second-order valence-corrected chi connectivity index (χ2v) is 6.61. The van der Waals surface area contributed by atoms with Crippen LogP contribution < -0.4 is 0 Å². The van der Waals surface area contributed by atoms with Crippen molar-refractivity contribution in [2.24, 2.45) is 5.92 Å². The van der Waals surface area contributed by atoms with Crippen molar-refractivity contribution in [3.8, 4) is 0 Å². The van der Waals surface area contributed by atoms with E-state index in [0.717, 1.165) is 6.42 Å². The van der Waals surface area contributed by atoms with Gasteiger partial charge in [0, 0.05) is 0 Å². The highest BCUT2D eigenvalue weighted by atomic mass is 35.6. The van der Waals surface area contributed by atoms with Crippen molar-refractivity contribution >= 4 is 34.8 Å². The zero-order valence-corrected chi connectivity index (χ0v) is 11.6. The lowest BCUT2D eigenvalue weighted by Crippen LogP contribution is -2.53. The lowest BCUT2D eigenvalue weighted by molar-refractivity contribution is -0.0876. The molecule has 0 amide bonds. The van der Waals surface area contributed by atoms with E-state index < -0.39 is 15.5 Å². The van der Waals surface area contributed by atoms with Crippen molar-refractivity contribution in [2.45, 2.75) is 55.5 Å². The molecule has 5 heteroatoms. The van der Waals surface area contributed by atoms with E-state index in [1.54, 1.807) is 0 Å². The van der Waals surface area contributed by atoms with Gasteiger partial charge in [0.2, 0.25) is 3.79 Å². The molecule has 0 spiro atoms. The van der Waals surface area contributed by atoms with E-state index in [4.69, 9.17) is 34.8 Å². The Hall–Kier alpha value is 0.790. The molecule has 0 aliphatic heterocycles. The van der Waals surface area contributed by atoms with E-state index in [0.29, 0.717) is 6.42 Å². The topological polar surface area (TPSA) is 40.5 Å². The number of alkyl halides is 3. The first-order valence-electron chi connectivity index (χ1n) is 5.12. The molecule has 0 radical (unpaired) electrons. The molecule has 92 valence electrons. The molecule has 0 fully saturated rings. The van der Waals surface area contributed by atoms with E-state index >= 15 is 0 Å². The summed E-state index contributed by atoms with van der Waals surface area (Å²) in [7, 11) is 0. The van der Waals surface area contributed by atoms with Gasteiger partial charge >= 0.3 is 0 Å². The average Bonchev–Trinajstić information content (AvgIpc) is 2.01. The molecule has 0 bridgehead atoms. The highest BCUT2D eigenvalue weighted by molar-refractivity contribution is 6.68. The quantitative estimate of drug-likeness (QED) is 0.757. The molecule has 0 aliphatic rings. The molecule has 15 heavy (non-hydrogen) atoms. The Bertz CT molecular complexity index is 192. The number of halogens is 3. The van der Waals surface area contributed by atoms with Gasteiger partial charge in [0.25, 0.3) is 0 Å². The number of aliphatic hydroxyl groups is 2. The third-order valence-corrected chi connectivity index (χ3v) is 3.31. The Morgan fingerprint density at radius 3 is 1.93 bits per heavy atom. The molecule has 0 saturated heterocycles. The van der Waals surface area contributed by atoms with Gasteiger partial charge in [-0.2, -0.15) is 0 Å². The van der Waals surface area contributed by atoms with Crippen molar-refractivity contribution in [2.75, 3.05) is 0 Å². The second-order valence-electron chi connectivity index (χ2n) is 4.32. The Labute approximate surface area is 107 Å². The maximum absolute atomic E-state index is 10.3. The Kier molecular flexibility index (Phi) is 6.24. The largest absolute Gasteiger partial charge is 0.390 e. The highest BCUT2D eigenvalue weighted by Crippen LogP contribution is 2.44. The first-order valence-corrected chi connectivity index (χ1v) is 6.25. The molecule has 0 rings (SSSR count). The minimum atomic E-state index is -1.87. The third-order valence-electron chi connectivity index (χ3n) is 2.32. The molecule has 2 atom stereocenters. The summed E-state index contributed by atoms with van der Waals surface area (Å²) in [5.41, 5.74) is -1.68. The van der Waals surface area contributed by atoms with E-state index in [2.05, 4.69) is 0 Å². The van der Waals surface area contributed by atoms with Gasteiger partial charge in [-0.1, -0.05) is 62.0 Å². The first kappa shape index (κ1) is 15.8. The summed E-state index contributed by atoms with van der Waals surface area (Å²) < 4.78 is -1.87. The lowest BCUT2D eigenvalue weighted by atomic mass is 9.86. The molecule has 0 heterocycles. The molecule has 0 aromatic heterocycles. The van der Waals surface area contributed by atoms with Crippen LogP contribution in [0.1, 0.15) is 40.0 Å². The van der Waals surface area contributed by atoms with Crippen LogP contribution in [0.15, 0.2) is 0 Å². The summed E-state index contributed by atoms with van der Waals surface area (Å²) in [5, 5.41) is 20.1. The van der Waals surface area contributed by atoms with Crippen molar-refractivity contribution < 1.29 is 10.2 Å². The second kappa shape index (κ2) is 5.92. The summed E-state index contributed by atoms with van der Waals surface area (Å²) >= 11 is 17.2. The Morgan fingerprint density at radius 2 is 1.67 bits per heavy atom. The molecule has 0 aliphatic carbocycles. The van der Waals surface area contributed by atoms with E-state index in [1.165, 1.54) is 0 Å². The van der Waals surface area contributed by atoms with Crippen LogP contribution in [0.4, 0.5) is 0 Å². The molecule has 2 N–H and O–H groups in total. The summed E-state index contributed by atoms with van der Waals surface area (Å²) in [6.07, 6.45) is 0.377. The standard InChI is InChI=1S/C10H19Cl3O2/c1-4-5-8(14)9(15,6-7(2)3)10(11,12)13/h7-8,14-15H,4-6H2,1-3H3.